The predicted octanol–water partition coefficient (Wildman–Crippen LogP) is 22.5. The lowest BCUT2D eigenvalue weighted by molar-refractivity contribution is -0.167. The molecule has 0 N–H and O–H groups in total. The maximum atomic E-state index is 12.9. The second-order valence-electron chi connectivity index (χ2n) is 21.3. The molecule has 79 heavy (non-hydrogen) atoms. The second kappa shape index (κ2) is 66.1. The molecule has 0 aromatic carbocycles. The third-order valence-corrected chi connectivity index (χ3v) is 13.6. The van der Waals surface area contributed by atoms with Crippen LogP contribution in [0.15, 0.2) is 134 Å². The number of hydrogen-bond acceptors (Lipinski definition) is 6. The molecule has 0 radical (unpaired) electrons. The summed E-state index contributed by atoms with van der Waals surface area (Å²) in [6, 6.07) is 0. The maximum absolute atomic E-state index is 12.9. The zero-order valence-corrected chi connectivity index (χ0v) is 51.3. The highest BCUT2D eigenvalue weighted by Gasteiger charge is 2.19. The van der Waals surface area contributed by atoms with Gasteiger partial charge in [-0.15, -0.1) is 0 Å². The summed E-state index contributed by atoms with van der Waals surface area (Å²) >= 11 is 0. The summed E-state index contributed by atoms with van der Waals surface area (Å²) in [4.78, 5) is 38.3. The van der Waals surface area contributed by atoms with Crippen LogP contribution in [-0.2, 0) is 28.6 Å². The van der Waals surface area contributed by atoms with Crippen LogP contribution in [0.25, 0.3) is 0 Å². The van der Waals surface area contributed by atoms with Crippen molar-refractivity contribution in [3.05, 3.63) is 134 Å². The Morgan fingerprint density at radius 3 is 0.835 bits per heavy atom. The van der Waals surface area contributed by atoms with Crippen molar-refractivity contribution in [2.24, 2.45) is 0 Å². The van der Waals surface area contributed by atoms with Gasteiger partial charge in [-0.2, -0.15) is 0 Å². The van der Waals surface area contributed by atoms with Crippen molar-refractivity contribution in [2.75, 3.05) is 13.2 Å². The molecule has 0 bridgehead atoms. The monoisotopic (exact) mass is 1090 g/mol. The van der Waals surface area contributed by atoms with Crippen molar-refractivity contribution in [1.82, 2.24) is 0 Å². The van der Waals surface area contributed by atoms with E-state index in [1.54, 1.807) is 0 Å². The van der Waals surface area contributed by atoms with E-state index in [1.807, 2.05) is 0 Å². The third-order valence-electron chi connectivity index (χ3n) is 13.6. The lowest BCUT2D eigenvalue weighted by atomic mass is 10.1. The van der Waals surface area contributed by atoms with E-state index in [9.17, 15) is 14.4 Å². The van der Waals surface area contributed by atoms with Crippen LogP contribution in [0.1, 0.15) is 290 Å². The predicted molar refractivity (Wildman–Crippen MR) is 343 cm³/mol. The summed E-state index contributed by atoms with van der Waals surface area (Å²) in [6.07, 6.45) is 93.1. The molecule has 0 aliphatic rings. The molecule has 0 saturated carbocycles. The summed E-state index contributed by atoms with van der Waals surface area (Å²) < 4.78 is 16.9. The number of allylic oxidation sites excluding steroid dienone is 22. The van der Waals surface area contributed by atoms with Crippen molar-refractivity contribution in [3.63, 3.8) is 0 Å². The highest BCUT2D eigenvalue weighted by molar-refractivity contribution is 5.71. The minimum absolute atomic E-state index is 0.0971. The van der Waals surface area contributed by atoms with Gasteiger partial charge >= 0.3 is 17.9 Å². The van der Waals surface area contributed by atoms with E-state index in [4.69, 9.17) is 14.2 Å². The van der Waals surface area contributed by atoms with Crippen molar-refractivity contribution < 1.29 is 28.6 Å². The summed E-state index contributed by atoms with van der Waals surface area (Å²) in [6.45, 7) is 6.43. The van der Waals surface area contributed by atoms with E-state index in [1.165, 1.54) is 96.3 Å². The van der Waals surface area contributed by atoms with Crippen LogP contribution in [0.4, 0.5) is 0 Å². The van der Waals surface area contributed by atoms with Gasteiger partial charge < -0.3 is 14.2 Å². The van der Waals surface area contributed by atoms with Gasteiger partial charge in [0.1, 0.15) is 13.2 Å². The minimum atomic E-state index is -0.801. The van der Waals surface area contributed by atoms with Crippen LogP contribution < -0.4 is 0 Å². The summed E-state index contributed by atoms with van der Waals surface area (Å²) in [5.74, 6) is -0.935. The second-order valence-corrected chi connectivity index (χ2v) is 21.3. The Morgan fingerprint density at radius 2 is 0.519 bits per heavy atom. The van der Waals surface area contributed by atoms with Crippen LogP contribution in [0.2, 0.25) is 0 Å². The standard InChI is InChI=1S/C73H120O6/c1-4-7-10-13-16-19-22-25-27-29-31-32-33-34-35-36-37-38-39-40-42-43-45-48-51-54-57-60-63-66-72(75)78-69-70(68-77-71(74)65-62-59-56-53-50-47-24-21-18-15-12-9-6-3)79-73(76)67-64-61-58-55-52-49-46-44-41-30-28-26-23-20-17-14-11-8-5-2/h7,10,12,15-16,19,21,24-28,31-32,34-35,37-38,40,42,45,48,70H,4-6,8-9,11,13-14,17-18,20,22-23,29-30,33,36,39,41,43-44,46-47,49-69H2,1-3H3/b10-7-,15-12-,19-16-,24-21-,27-25-,28-26-,32-31-,35-34-,38-37-,42-40-,48-45-. The van der Waals surface area contributed by atoms with E-state index in [0.29, 0.717) is 19.3 Å². The van der Waals surface area contributed by atoms with Crippen LogP contribution in [0, 0.1) is 0 Å². The third kappa shape index (κ3) is 64.3. The van der Waals surface area contributed by atoms with Crippen molar-refractivity contribution in [2.45, 2.75) is 297 Å². The van der Waals surface area contributed by atoms with Crippen molar-refractivity contribution in [3.8, 4) is 0 Å². The quantitative estimate of drug-likeness (QED) is 0.0261. The van der Waals surface area contributed by atoms with E-state index in [-0.39, 0.29) is 31.1 Å². The normalized spacial score (nSPS) is 13.0. The van der Waals surface area contributed by atoms with Gasteiger partial charge in [-0.05, 0) is 135 Å². The number of carbonyl (C=O) groups excluding carboxylic acids is 3. The fourth-order valence-electron chi connectivity index (χ4n) is 8.73. The van der Waals surface area contributed by atoms with Crippen molar-refractivity contribution in [1.29, 1.82) is 0 Å². The molecule has 0 saturated heterocycles. The number of esters is 3. The zero-order valence-electron chi connectivity index (χ0n) is 51.3. The molecule has 0 aromatic heterocycles. The SMILES string of the molecule is CC/C=C\C/C=C\C/C=C\C/C=C\C/C=C\C/C=C\C/C=C\C/C=C\CCCCCCC(=O)OCC(COC(=O)CCCCCCC/C=C\C/C=C\CCC)OC(=O)CCCCCCCCCCC/C=C\CCCCCCCC. The Labute approximate surface area is 487 Å². The van der Waals surface area contributed by atoms with Gasteiger partial charge in [-0.3, -0.25) is 14.4 Å². The van der Waals surface area contributed by atoms with Crippen LogP contribution >= 0.6 is 0 Å². The van der Waals surface area contributed by atoms with Crippen LogP contribution in [0.3, 0.4) is 0 Å². The fourth-order valence-corrected chi connectivity index (χ4v) is 8.73. The zero-order chi connectivity index (χ0) is 57.1. The van der Waals surface area contributed by atoms with E-state index >= 15 is 0 Å². The van der Waals surface area contributed by atoms with Gasteiger partial charge in [0, 0.05) is 19.3 Å². The maximum Gasteiger partial charge on any atom is 0.306 e. The molecule has 1 atom stereocenters. The molecule has 0 spiro atoms. The molecule has 6 nitrogen and oxygen atoms in total. The Balaban J connectivity index is 4.40. The summed E-state index contributed by atoms with van der Waals surface area (Å²) in [5, 5.41) is 0. The molecule has 0 aromatic rings. The van der Waals surface area contributed by atoms with E-state index < -0.39 is 6.10 Å². The van der Waals surface area contributed by atoms with Gasteiger partial charge in [0.05, 0.1) is 0 Å². The molecule has 0 aliphatic heterocycles. The molecule has 0 amide bonds. The lowest BCUT2D eigenvalue weighted by Gasteiger charge is -2.18. The Hall–Kier alpha value is -4.45. The molecule has 448 valence electrons. The van der Waals surface area contributed by atoms with Crippen LogP contribution in [-0.4, -0.2) is 37.2 Å². The highest BCUT2D eigenvalue weighted by atomic mass is 16.6. The smallest absolute Gasteiger partial charge is 0.306 e. The Bertz CT molecular complexity index is 1680. The number of rotatable bonds is 58. The minimum Gasteiger partial charge on any atom is -0.462 e. The summed E-state index contributed by atoms with van der Waals surface area (Å²) in [5.41, 5.74) is 0. The molecule has 0 rings (SSSR count). The van der Waals surface area contributed by atoms with Gasteiger partial charge in [-0.1, -0.05) is 270 Å². The molecule has 0 heterocycles. The lowest BCUT2D eigenvalue weighted by Crippen LogP contribution is -2.30. The number of carbonyl (C=O) groups is 3. The van der Waals surface area contributed by atoms with Crippen LogP contribution in [0.5, 0.6) is 0 Å². The Kier molecular flexibility index (Phi) is 62.3. The van der Waals surface area contributed by atoms with Crippen molar-refractivity contribution >= 4 is 17.9 Å². The summed E-state index contributed by atoms with van der Waals surface area (Å²) in [7, 11) is 0. The van der Waals surface area contributed by atoms with E-state index in [0.717, 1.165) is 154 Å². The highest BCUT2D eigenvalue weighted by Crippen LogP contribution is 2.15. The molecule has 0 aliphatic carbocycles. The first-order valence-corrected chi connectivity index (χ1v) is 32.7. The number of hydrogen-bond donors (Lipinski definition) is 0. The van der Waals surface area contributed by atoms with Gasteiger partial charge in [-0.25, -0.2) is 0 Å². The van der Waals surface area contributed by atoms with E-state index in [2.05, 4.69) is 154 Å². The first-order valence-electron chi connectivity index (χ1n) is 32.7. The largest absolute Gasteiger partial charge is 0.462 e. The first-order chi connectivity index (χ1) is 39.0. The first kappa shape index (κ1) is 74.5. The van der Waals surface area contributed by atoms with Gasteiger partial charge in [0.25, 0.3) is 0 Å². The Morgan fingerprint density at radius 1 is 0.266 bits per heavy atom. The molecular formula is C73H120O6. The molecular weight excluding hydrogens is 973 g/mol. The average molecular weight is 1090 g/mol. The number of unbranched alkanes of at least 4 members (excludes halogenated alkanes) is 25. The molecule has 1 unspecified atom stereocenters. The van der Waals surface area contributed by atoms with Gasteiger partial charge in [0.2, 0.25) is 0 Å². The topological polar surface area (TPSA) is 78.9 Å². The van der Waals surface area contributed by atoms with Gasteiger partial charge in [0.15, 0.2) is 6.10 Å². The fraction of sp³-hybridized carbons (Fsp3) is 0.658. The average Bonchev–Trinajstić information content (AvgIpc) is 3.45. The number of ether oxygens (including phenoxy) is 3. The molecule has 6 heteroatoms. The molecule has 0 fully saturated rings.